The second-order valence-corrected chi connectivity index (χ2v) is 7.54. The van der Waals surface area contributed by atoms with E-state index in [1.54, 1.807) is 4.90 Å². The van der Waals surface area contributed by atoms with Crippen LogP contribution in [0.5, 0.6) is 0 Å². The van der Waals surface area contributed by atoms with E-state index in [4.69, 9.17) is 0 Å². The molecule has 0 aliphatic carbocycles. The summed E-state index contributed by atoms with van der Waals surface area (Å²) in [6.45, 7) is 12.2. The number of amides is 2. The largest absolute Gasteiger partial charge is 0.355 e. The van der Waals surface area contributed by atoms with Crippen molar-refractivity contribution >= 4 is 29.9 Å². The van der Waals surface area contributed by atoms with Gasteiger partial charge in [-0.05, 0) is 31.9 Å². The zero-order valence-corrected chi connectivity index (χ0v) is 17.3. The van der Waals surface area contributed by atoms with Crippen LogP contribution in [0.3, 0.4) is 0 Å². The number of anilines is 1. The second-order valence-electron chi connectivity index (χ2n) is 7.54. The predicted molar refractivity (Wildman–Crippen MR) is 111 cm³/mol. The first kappa shape index (κ1) is 21.7. The molecule has 1 atom stereocenters. The van der Waals surface area contributed by atoms with Gasteiger partial charge in [-0.2, -0.15) is 0 Å². The van der Waals surface area contributed by atoms with Crippen LogP contribution in [-0.4, -0.2) is 62.5 Å². The van der Waals surface area contributed by atoms with Gasteiger partial charge >= 0.3 is 0 Å². The molecule has 150 valence electrons. The number of rotatable bonds is 5. The van der Waals surface area contributed by atoms with Crippen molar-refractivity contribution in [3.05, 3.63) is 28.8 Å². The zero-order chi connectivity index (χ0) is 18.7. The van der Waals surface area contributed by atoms with Crippen molar-refractivity contribution in [2.75, 3.05) is 50.7 Å². The number of halogens is 1. The summed E-state index contributed by atoms with van der Waals surface area (Å²) in [7, 11) is 0. The number of nitrogens with zero attached hydrogens (tertiary/aromatic N) is 2. The summed E-state index contributed by atoms with van der Waals surface area (Å²) in [5.41, 5.74) is 4.35. The topological polar surface area (TPSA) is 64.7 Å². The Morgan fingerprint density at radius 1 is 1.19 bits per heavy atom. The highest BCUT2D eigenvalue weighted by Gasteiger charge is 2.36. The molecule has 27 heavy (non-hydrogen) atoms. The molecule has 0 spiro atoms. The fraction of sp³-hybridized carbons (Fsp3) is 0.600. The van der Waals surface area contributed by atoms with Crippen LogP contribution in [0.15, 0.2) is 12.1 Å². The molecule has 2 heterocycles. The Morgan fingerprint density at radius 3 is 2.44 bits per heavy atom. The Labute approximate surface area is 168 Å². The number of hydrogen-bond acceptors (Lipinski definition) is 4. The zero-order valence-electron chi connectivity index (χ0n) is 16.5. The molecule has 2 aliphatic rings. The van der Waals surface area contributed by atoms with Gasteiger partial charge in [0, 0.05) is 57.9 Å². The minimum atomic E-state index is -0.259. The fourth-order valence-corrected chi connectivity index (χ4v) is 4.11. The van der Waals surface area contributed by atoms with Crippen LogP contribution in [0, 0.1) is 26.7 Å². The summed E-state index contributed by atoms with van der Waals surface area (Å²) in [6, 6.07) is 4.19. The molecule has 6 nitrogen and oxygen atoms in total. The van der Waals surface area contributed by atoms with E-state index in [9.17, 15) is 9.59 Å². The quantitative estimate of drug-likeness (QED) is 0.792. The third-order valence-electron chi connectivity index (χ3n) is 5.34. The summed E-state index contributed by atoms with van der Waals surface area (Å²) in [5, 5.41) is 6.35. The fourth-order valence-electron chi connectivity index (χ4n) is 4.11. The van der Waals surface area contributed by atoms with Crippen molar-refractivity contribution in [3.63, 3.8) is 0 Å². The summed E-state index contributed by atoms with van der Waals surface area (Å²) in [4.78, 5) is 29.2. The van der Waals surface area contributed by atoms with E-state index in [1.165, 1.54) is 5.56 Å². The second kappa shape index (κ2) is 9.53. The number of nitrogens with one attached hydrogen (secondary N) is 2. The molecule has 0 saturated carbocycles. The average Bonchev–Trinajstić information content (AvgIpc) is 2.97. The van der Waals surface area contributed by atoms with Crippen molar-refractivity contribution in [1.29, 1.82) is 0 Å². The summed E-state index contributed by atoms with van der Waals surface area (Å²) < 4.78 is 0. The van der Waals surface area contributed by atoms with Crippen molar-refractivity contribution in [2.24, 2.45) is 5.92 Å². The summed E-state index contributed by atoms with van der Waals surface area (Å²) in [6.07, 6.45) is 0.298. The molecule has 2 fully saturated rings. The third kappa shape index (κ3) is 5.21. The molecular weight excluding hydrogens is 364 g/mol. The molecule has 0 radical (unpaired) electrons. The number of aryl methyl sites for hydroxylation is 3. The molecule has 7 heteroatoms. The Morgan fingerprint density at radius 2 is 1.81 bits per heavy atom. The van der Waals surface area contributed by atoms with Gasteiger partial charge in [-0.15, -0.1) is 12.4 Å². The summed E-state index contributed by atoms with van der Waals surface area (Å²) >= 11 is 0. The van der Waals surface area contributed by atoms with E-state index in [1.807, 2.05) is 13.8 Å². The lowest BCUT2D eigenvalue weighted by atomic mass is 10.0. The number of piperazine rings is 1. The molecule has 0 aromatic heterocycles. The van der Waals surface area contributed by atoms with E-state index in [2.05, 4.69) is 34.6 Å². The van der Waals surface area contributed by atoms with E-state index < -0.39 is 0 Å². The number of benzene rings is 1. The van der Waals surface area contributed by atoms with Gasteiger partial charge in [0.25, 0.3) is 0 Å². The number of carbonyl (C=O) groups is 2. The lowest BCUT2D eigenvalue weighted by Crippen LogP contribution is -2.46. The standard InChI is InChI=1S/C20H30N4O2.ClH/c1-14-10-15(2)19(16(3)11-14)24-13-17(12-18(24)25)20(26)22-6-9-23-7-4-21-5-8-23;/h10-11,17,21H,4-9,12-13H2,1-3H3,(H,22,26);1H. The molecule has 1 aromatic rings. The normalized spacial score (nSPS) is 20.5. The minimum Gasteiger partial charge on any atom is -0.355 e. The first-order valence-electron chi connectivity index (χ1n) is 9.54. The van der Waals surface area contributed by atoms with Crippen LogP contribution in [-0.2, 0) is 9.59 Å². The van der Waals surface area contributed by atoms with E-state index in [0.717, 1.165) is 49.5 Å². The molecule has 2 N–H and O–H groups in total. The van der Waals surface area contributed by atoms with Crippen LogP contribution >= 0.6 is 12.4 Å². The number of carbonyl (C=O) groups excluding carboxylic acids is 2. The monoisotopic (exact) mass is 394 g/mol. The van der Waals surface area contributed by atoms with Crippen LogP contribution < -0.4 is 15.5 Å². The minimum absolute atomic E-state index is 0. The Hall–Kier alpha value is -1.63. The van der Waals surface area contributed by atoms with Gasteiger partial charge in [-0.3, -0.25) is 14.5 Å². The molecule has 2 aliphatic heterocycles. The van der Waals surface area contributed by atoms with Crippen molar-refractivity contribution in [3.8, 4) is 0 Å². The Balaban J connectivity index is 0.00000261. The van der Waals surface area contributed by atoms with Crippen LogP contribution in [0.1, 0.15) is 23.1 Å². The molecule has 2 saturated heterocycles. The van der Waals surface area contributed by atoms with Gasteiger partial charge in [-0.1, -0.05) is 17.7 Å². The van der Waals surface area contributed by atoms with Gasteiger partial charge in [0.15, 0.2) is 0 Å². The highest BCUT2D eigenvalue weighted by Crippen LogP contribution is 2.31. The van der Waals surface area contributed by atoms with Crippen LogP contribution in [0.4, 0.5) is 5.69 Å². The smallest absolute Gasteiger partial charge is 0.227 e. The molecule has 0 bridgehead atoms. The van der Waals surface area contributed by atoms with Crippen LogP contribution in [0.2, 0.25) is 0 Å². The predicted octanol–water partition coefficient (Wildman–Crippen LogP) is 1.41. The van der Waals surface area contributed by atoms with E-state index in [0.29, 0.717) is 19.5 Å². The maximum absolute atomic E-state index is 12.5. The first-order chi connectivity index (χ1) is 12.5. The molecular formula is C20H31ClN4O2. The highest BCUT2D eigenvalue weighted by molar-refractivity contribution is 6.01. The Bertz CT molecular complexity index is 666. The van der Waals surface area contributed by atoms with Gasteiger partial charge in [0.2, 0.25) is 11.8 Å². The van der Waals surface area contributed by atoms with Crippen molar-refractivity contribution in [1.82, 2.24) is 15.5 Å². The Kier molecular flexibility index (Phi) is 7.65. The average molecular weight is 395 g/mol. The van der Waals surface area contributed by atoms with Crippen molar-refractivity contribution < 1.29 is 9.59 Å². The number of hydrogen-bond donors (Lipinski definition) is 2. The van der Waals surface area contributed by atoms with Gasteiger partial charge in [0.05, 0.1) is 5.92 Å². The molecule has 1 aromatic carbocycles. The SMILES string of the molecule is Cc1cc(C)c(N2CC(C(=O)NCCN3CCNCC3)CC2=O)c(C)c1.Cl. The van der Waals surface area contributed by atoms with E-state index in [-0.39, 0.29) is 30.1 Å². The maximum atomic E-state index is 12.5. The summed E-state index contributed by atoms with van der Waals surface area (Å²) in [5.74, 6) is -0.216. The van der Waals surface area contributed by atoms with Crippen LogP contribution in [0.25, 0.3) is 0 Å². The molecule has 1 unspecified atom stereocenters. The van der Waals surface area contributed by atoms with Gasteiger partial charge in [-0.25, -0.2) is 0 Å². The van der Waals surface area contributed by atoms with E-state index >= 15 is 0 Å². The van der Waals surface area contributed by atoms with Gasteiger partial charge < -0.3 is 15.5 Å². The molecule has 3 rings (SSSR count). The lowest BCUT2D eigenvalue weighted by molar-refractivity contribution is -0.126. The maximum Gasteiger partial charge on any atom is 0.227 e. The molecule has 2 amide bonds. The van der Waals surface area contributed by atoms with Gasteiger partial charge in [0.1, 0.15) is 0 Å². The van der Waals surface area contributed by atoms with Crippen molar-refractivity contribution in [2.45, 2.75) is 27.2 Å². The lowest BCUT2D eigenvalue weighted by Gasteiger charge is -2.27. The first-order valence-corrected chi connectivity index (χ1v) is 9.54. The third-order valence-corrected chi connectivity index (χ3v) is 5.34. The highest BCUT2D eigenvalue weighted by atomic mass is 35.5.